The van der Waals surface area contributed by atoms with Gasteiger partial charge in [0.15, 0.2) is 5.82 Å². The molecule has 0 spiro atoms. The van der Waals surface area contributed by atoms with Crippen LogP contribution in [0.15, 0.2) is 41.4 Å². The van der Waals surface area contributed by atoms with Crippen LogP contribution in [0.1, 0.15) is 5.56 Å². The Morgan fingerprint density at radius 2 is 1.44 bits per heavy atom. The predicted octanol–water partition coefficient (Wildman–Crippen LogP) is 3.99. The molecule has 1 nitrogen and oxygen atoms in total. The Kier molecular flexibility index (Phi) is 3.41. The Labute approximate surface area is 100 Å². The van der Waals surface area contributed by atoms with Crippen molar-refractivity contribution in [2.24, 2.45) is 4.99 Å². The van der Waals surface area contributed by atoms with Crippen molar-refractivity contribution in [3.05, 3.63) is 65.2 Å². The summed E-state index contributed by atoms with van der Waals surface area (Å²) in [5.74, 6) is -2.91. The quantitative estimate of drug-likeness (QED) is 0.566. The Hall–Kier alpha value is -2.17. The van der Waals surface area contributed by atoms with E-state index in [9.17, 15) is 17.6 Å². The molecule has 0 saturated heterocycles. The molecule has 0 N–H and O–H groups in total. The van der Waals surface area contributed by atoms with Crippen LogP contribution in [0.2, 0.25) is 0 Å². The summed E-state index contributed by atoms with van der Waals surface area (Å²) in [6.07, 6.45) is 0.981. The van der Waals surface area contributed by atoms with Gasteiger partial charge in [-0.25, -0.2) is 17.6 Å². The standard InChI is InChI=1S/C13H7F4N/c14-9-1-3-11(16)8(5-9)7-18-13-4-2-10(15)6-12(13)17/h1-7H. The molecule has 0 aliphatic rings. The molecule has 5 heteroatoms. The van der Waals surface area contributed by atoms with E-state index in [1.54, 1.807) is 0 Å². The lowest BCUT2D eigenvalue weighted by molar-refractivity contribution is 0.585. The summed E-state index contributed by atoms with van der Waals surface area (Å²) in [5, 5.41) is 0. The fourth-order valence-corrected chi connectivity index (χ4v) is 1.34. The molecule has 0 atom stereocenters. The Balaban J connectivity index is 2.32. The van der Waals surface area contributed by atoms with Crippen molar-refractivity contribution < 1.29 is 17.6 Å². The van der Waals surface area contributed by atoms with Gasteiger partial charge in [-0.1, -0.05) is 0 Å². The molecule has 92 valence electrons. The SMILES string of the molecule is Fc1ccc(N=Cc2cc(F)ccc2F)c(F)c1. The van der Waals surface area contributed by atoms with Gasteiger partial charge in [-0.05, 0) is 30.3 Å². The van der Waals surface area contributed by atoms with E-state index in [2.05, 4.69) is 4.99 Å². The molecule has 0 aliphatic carbocycles. The second kappa shape index (κ2) is 5.00. The smallest absolute Gasteiger partial charge is 0.151 e. The number of aliphatic imine (C=N–C) groups is 1. The maximum atomic E-state index is 13.2. The molecule has 18 heavy (non-hydrogen) atoms. The molecule has 2 rings (SSSR count). The van der Waals surface area contributed by atoms with Gasteiger partial charge < -0.3 is 0 Å². The highest BCUT2D eigenvalue weighted by Crippen LogP contribution is 2.18. The summed E-state index contributed by atoms with van der Waals surface area (Å²) >= 11 is 0. The molecule has 2 aromatic rings. The first-order valence-electron chi connectivity index (χ1n) is 5.00. The molecule has 0 bridgehead atoms. The van der Waals surface area contributed by atoms with Crippen LogP contribution in [0.5, 0.6) is 0 Å². The molecule has 0 unspecified atom stereocenters. The Bertz CT molecular complexity index is 608. The molecule has 2 aromatic carbocycles. The van der Waals surface area contributed by atoms with Crippen molar-refractivity contribution >= 4 is 11.9 Å². The normalized spacial score (nSPS) is 11.1. The molecule has 0 radical (unpaired) electrons. The Morgan fingerprint density at radius 3 is 2.17 bits per heavy atom. The summed E-state index contributed by atoms with van der Waals surface area (Å²) < 4.78 is 51.9. The number of benzene rings is 2. The van der Waals surface area contributed by atoms with Crippen molar-refractivity contribution in [3.63, 3.8) is 0 Å². The van der Waals surface area contributed by atoms with Gasteiger partial charge in [-0.2, -0.15) is 0 Å². The topological polar surface area (TPSA) is 12.4 Å². The highest BCUT2D eigenvalue weighted by atomic mass is 19.1. The molecule has 0 fully saturated rings. The Morgan fingerprint density at radius 1 is 0.778 bits per heavy atom. The zero-order chi connectivity index (χ0) is 13.1. The summed E-state index contributed by atoms with van der Waals surface area (Å²) in [7, 11) is 0. The van der Waals surface area contributed by atoms with Crippen LogP contribution in [0.3, 0.4) is 0 Å². The fourth-order valence-electron chi connectivity index (χ4n) is 1.34. The lowest BCUT2D eigenvalue weighted by Crippen LogP contribution is -1.90. The van der Waals surface area contributed by atoms with Crippen molar-refractivity contribution in [1.29, 1.82) is 0 Å². The van der Waals surface area contributed by atoms with Gasteiger partial charge in [0.2, 0.25) is 0 Å². The first kappa shape index (κ1) is 12.3. The number of nitrogens with zero attached hydrogens (tertiary/aromatic N) is 1. The van der Waals surface area contributed by atoms with Crippen LogP contribution in [0, 0.1) is 23.3 Å². The largest absolute Gasteiger partial charge is 0.253 e. The van der Waals surface area contributed by atoms with E-state index in [0.717, 1.165) is 36.5 Å². The van der Waals surface area contributed by atoms with Crippen molar-refractivity contribution in [1.82, 2.24) is 0 Å². The molecule has 0 saturated carbocycles. The second-order valence-corrected chi connectivity index (χ2v) is 3.52. The number of hydrogen-bond acceptors (Lipinski definition) is 1. The molecular formula is C13H7F4N. The van der Waals surface area contributed by atoms with Crippen LogP contribution in [-0.2, 0) is 0 Å². The van der Waals surface area contributed by atoms with Gasteiger partial charge in [0.25, 0.3) is 0 Å². The van der Waals surface area contributed by atoms with Gasteiger partial charge in [-0.15, -0.1) is 0 Å². The number of rotatable bonds is 2. The maximum absolute atomic E-state index is 13.2. The zero-order valence-electron chi connectivity index (χ0n) is 9.00. The fraction of sp³-hybridized carbons (Fsp3) is 0. The lowest BCUT2D eigenvalue weighted by Gasteiger charge is -1.98. The first-order valence-corrected chi connectivity index (χ1v) is 5.00. The van der Waals surface area contributed by atoms with E-state index in [0.29, 0.717) is 6.07 Å². The van der Waals surface area contributed by atoms with Gasteiger partial charge in [-0.3, -0.25) is 4.99 Å². The van der Waals surface area contributed by atoms with E-state index in [1.807, 2.05) is 0 Å². The average Bonchev–Trinajstić information content (AvgIpc) is 2.32. The summed E-state index contributed by atoms with van der Waals surface area (Å²) in [6.45, 7) is 0. The minimum Gasteiger partial charge on any atom is -0.253 e. The molecule has 0 aliphatic heterocycles. The van der Waals surface area contributed by atoms with Gasteiger partial charge in [0.1, 0.15) is 17.5 Å². The predicted molar refractivity (Wildman–Crippen MR) is 60.0 cm³/mol. The van der Waals surface area contributed by atoms with Crippen molar-refractivity contribution in [2.75, 3.05) is 0 Å². The average molecular weight is 253 g/mol. The molecular weight excluding hydrogens is 246 g/mol. The monoisotopic (exact) mass is 253 g/mol. The summed E-state index contributed by atoms with van der Waals surface area (Å²) in [6, 6.07) is 5.63. The van der Waals surface area contributed by atoms with Crippen LogP contribution >= 0.6 is 0 Å². The van der Waals surface area contributed by atoms with Gasteiger partial charge in [0.05, 0.1) is 5.69 Å². The minimum absolute atomic E-state index is 0.112. The van der Waals surface area contributed by atoms with Crippen LogP contribution in [0.4, 0.5) is 23.2 Å². The third kappa shape index (κ3) is 2.74. The van der Waals surface area contributed by atoms with Crippen molar-refractivity contribution in [3.8, 4) is 0 Å². The van der Waals surface area contributed by atoms with Crippen LogP contribution in [0.25, 0.3) is 0 Å². The van der Waals surface area contributed by atoms with Gasteiger partial charge >= 0.3 is 0 Å². The van der Waals surface area contributed by atoms with E-state index < -0.39 is 23.3 Å². The molecule has 0 aromatic heterocycles. The highest BCUT2D eigenvalue weighted by molar-refractivity contribution is 5.82. The zero-order valence-corrected chi connectivity index (χ0v) is 9.00. The van der Waals surface area contributed by atoms with E-state index in [1.165, 1.54) is 0 Å². The third-order valence-electron chi connectivity index (χ3n) is 2.21. The third-order valence-corrected chi connectivity index (χ3v) is 2.21. The number of halogens is 4. The van der Waals surface area contributed by atoms with Crippen molar-refractivity contribution in [2.45, 2.75) is 0 Å². The lowest BCUT2D eigenvalue weighted by atomic mass is 10.2. The van der Waals surface area contributed by atoms with Crippen LogP contribution < -0.4 is 0 Å². The first-order chi connectivity index (χ1) is 8.56. The summed E-state index contributed by atoms with van der Waals surface area (Å²) in [5.41, 5.74) is -0.265. The highest BCUT2D eigenvalue weighted by Gasteiger charge is 2.03. The minimum atomic E-state index is -0.872. The van der Waals surface area contributed by atoms with E-state index in [4.69, 9.17) is 0 Å². The molecule has 0 amide bonds. The van der Waals surface area contributed by atoms with E-state index >= 15 is 0 Å². The maximum Gasteiger partial charge on any atom is 0.151 e. The number of hydrogen-bond donors (Lipinski definition) is 0. The van der Waals surface area contributed by atoms with Gasteiger partial charge in [0, 0.05) is 17.8 Å². The second-order valence-electron chi connectivity index (χ2n) is 3.52. The summed E-state index contributed by atoms with van der Waals surface area (Å²) in [4.78, 5) is 3.65. The van der Waals surface area contributed by atoms with E-state index in [-0.39, 0.29) is 11.3 Å². The van der Waals surface area contributed by atoms with Crippen LogP contribution in [-0.4, -0.2) is 6.21 Å². The molecule has 0 heterocycles.